The van der Waals surface area contributed by atoms with Crippen LogP contribution in [0.25, 0.3) is 0 Å². The van der Waals surface area contributed by atoms with Crippen molar-refractivity contribution in [1.29, 1.82) is 0 Å². The summed E-state index contributed by atoms with van der Waals surface area (Å²) in [5.74, 6) is -0.0814. The highest BCUT2D eigenvalue weighted by Gasteiger charge is 2.13. The Bertz CT molecular complexity index is 323. The molecule has 0 aliphatic rings. The maximum Gasteiger partial charge on any atom is 0.128 e. The minimum absolute atomic E-state index is 0.0814. The van der Waals surface area contributed by atoms with Crippen LogP contribution in [0.2, 0.25) is 0 Å². The highest BCUT2D eigenvalue weighted by Crippen LogP contribution is 2.22. The molecular weight excluding hydrogens is 201 g/mol. The first-order chi connectivity index (χ1) is 7.69. The minimum Gasteiger partial charge on any atom is -0.310 e. The first-order valence-corrected chi connectivity index (χ1v) is 6.18. The van der Waals surface area contributed by atoms with Gasteiger partial charge in [-0.2, -0.15) is 0 Å². The van der Waals surface area contributed by atoms with Gasteiger partial charge in [0.15, 0.2) is 0 Å². The first-order valence-electron chi connectivity index (χ1n) is 6.18. The normalized spacial score (nSPS) is 12.8. The number of rotatable bonds is 6. The standard InChI is InChI=1S/C14H22FN/c1-4-6-14(16-9-5-2)12-8-7-11(3)10-13(12)15/h7-8,10,14,16H,4-6,9H2,1-3H3. The molecule has 0 aliphatic heterocycles. The van der Waals surface area contributed by atoms with Gasteiger partial charge in [-0.05, 0) is 37.9 Å². The number of nitrogens with one attached hydrogen (secondary N) is 1. The second kappa shape index (κ2) is 6.64. The average Bonchev–Trinajstić information content (AvgIpc) is 2.25. The lowest BCUT2D eigenvalue weighted by molar-refractivity contribution is 0.469. The predicted molar refractivity (Wildman–Crippen MR) is 67.1 cm³/mol. The lowest BCUT2D eigenvalue weighted by Crippen LogP contribution is -2.23. The Morgan fingerprint density at radius 1 is 1.25 bits per heavy atom. The van der Waals surface area contributed by atoms with E-state index in [0.29, 0.717) is 0 Å². The van der Waals surface area contributed by atoms with Gasteiger partial charge in [0.05, 0.1) is 0 Å². The monoisotopic (exact) mass is 223 g/mol. The van der Waals surface area contributed by atoms with Gasteiger partial charge in [0.1, 0.15) is 5.82 Å². The van der Waals surface area contributed by atoms with Crippen molar-refractivity contribution in [3.63, 3.8) is 0 Å². The van der Waals surface area contributed by atoms with E-state index in [4.69, 9.17) is 0 Å². The molecule has 0 aromatic heterocycles. The topological polar surface area (TPSA) is 12.0 Å². The Kier molecular flexibility index (Phi) is 5.47. The molecule has 1 aromatic rings. The molecule has 0 saturated carbocycles. The largest absolute Gasteiger partial charge is 0.310 e. The minimum atomic E-state index is -0.0814. The molecule has 0 amide bonds. The lowest BCUT2D eigenvalue weighted by Gasteiger charge is -2.19. The summed E-state index contributed by atoms with van der Waals surface area (Å²) in [6.07, 6.45) is 3.13. The number of hydrogen-bond acceptors (Lipinski definition) is 1. The third kappa shape index (κ3) is 3.60. The Hall–Kier alpha value is -0.890. The van der Waals surface area contributed by atoms with Crippen molar-refractivity contribution < 1.29 is 4.39 Å². The van der Waals surface area contributed by atoms with Gasteiger partial charge in [-0.1, -0.05) is 32.4 Å². The highest BCUT2D eigenvalue weighted by molar-refractivity contribution is 5.26. The first kappa shape index (κ1) is 13.2. The van der Waals surface area contributed by atoms with E-state index in [1.807, 2.05) is 19.1 Å². The molecule has 1 nitrogen and oxygen atoms in total. The van der Waals surface area contributed by atoms with Crippen LogP contribution in [0, 0.1) is 12.7 Å². The average molecular weight is 223 g/mol. The zero-order valence-corrected chi connectivity index (χ0v) is 10.5. The van der Waals surface area contributed by atoms with Gasteiger partial charge in [0.2, 0.25) is 0 Å². The molecule has 1 N–H and O–H groups in total. The van der Waals surface area contributed by atoms with E-state index in [-0.39, 0.29) is 11.9 Å². The molecule has 0 heterocycles. The van der Waals surface area contributed by atoms with E-state index >= 15 is 0 Å². The fourth-order valence-corrected chi connectivity index (χ4v) is 1.89. The molecule has 90 valence electrons. The second-order valence-electron chi connectivity index (χ2n) is 4.32. The van der Waals surface area contributed by atoms with Crippen LogP contribution in [-0.4, -0.2) is 6.54 Å². The van der Waals surface area contributed by atoms with Crippen molar-refractivity contribution >= 4 is 0 Å². The van der Waals surface area contributed by atoms with Gasteiger partial charge < -0.3 is 5.32 Å². The second-order valence-corrected chi connectivity index (χ2v) is 4.32. The summed E-state index contributed by atoms with van der Waals surface area (Å²) in [6, 6.07) is 5.67. The number of aryl methyl sites for hydroxylation is 1. The highest BCUT2D eigenvalue weighted by atomic mass is 19.1. The van der Waals surface area contributed by atoms with E-state index in [0.717, 1.165) is 36.9 Å². The summed E-state index contributed by atoms with van der Waals surface area (Å²) in [7, 11) is 0. The van der Waals surface area contributed by atoms with Crippen molar-refractivity contribution in [3.05, 3.63) is 35.1 Å². The zero-order chi connectivity index (χ0) is 12.0. The molecule has 16 heavy (non-hydrogen) atoms. The summed E-state index contributed by atoms with van der Waals surface area (Å²) < 4.78 is 13.8. The third-order valence-corrected chi connectivity index (χ3v) is 2.75. The fraction of sp³-hybridized carbons (Fsp3) is 0.571. The molecule has 0 spiro atoms. The molecule has 1 atom stereocenters. The molecule has 1 aromatic carbocycles. The Morgan fingerprint density at radius 3 is 2.56 bits per heavy atom. The quantitative estimate of drug-likeness (QED) is 0.769. The predicted octanol–water partition coefficient (Wildman–Crippen LogP) is 3.97. The molecule has 2 heteroatoms. The van der Waals surface area contributed by atoms with Crippen LogP contribution in [-0.2, 0) is 0 Å². The van der Waals surface area contributed by atoms with Crippen molar-refractivity contribution in [1.82, 2.24) is 5.32 Å². The van der Waals surface area contributed by atoms with Crippen LogP contribution >= 0.6 is 0 Å². The third-order valence-electron chi connectivity index (χ3n) is 2.75. The Morgan fingerprint density at radius 2 is 2.00 bits per heavy atom. The molecule has 1 rings (SSSR count). The van der Waals surface area contributed by atoms with Crippen LogP contribution in [0.1, 0.15) is 50.3 Å². The van der Waals surface area contributed by atoms with E-state index in [9.17, 15) is 4.39 Å². The van der Waals surface area contributed by atoms with Gasteiger partial charge in [-0.3, -0.25) is 0 Å². The van der Waals surface area contributed by atoms with E-state index in [1.165, 1.54) is 0 Å². The van der Waals surface area contributed by atoms with E-state index in [1.54, 1.807) is 6.07 Å². The number of hydrogen-bond donors (Lipinski definition) is 1. The summed E-state index contributed by atoms with van der Waals surface area (Å²) >= 11 is 0. The summed E-state index contributed by atoms with van der Waals surface area (Å²) in [5, 5.41) is 3.41. The molecule has 1 unspecified atom stereocenters. The zero-order valence-electron chi connectivity index (χ0n) is 10.5. The maximum absolute atomic E-state index is 13.8. The van der Waals surface area contributed by atoms with Gasteiger partial charge in [-0.25, -0.2) is 4.39 Å². The van der Waals surface area contributed by atoms with Gasteiger partial charge in [-0.15, -0.1) is 0 Å². The van der Waals surface area contributed by atoms with E-state index in [2.05, 4.69) is 19.2 Å². The van der Waals surface area contributed by atoms with Crippen LogP contribution in [0.4, 0.5) is 4.39 Å². The Balaban J connectivity index is 2.82. The molecule has 0 radical (unpaired) electrons. The van der Waals surface area contributed by atoms with Crippen molar-refractivity contribution in [2.45, 2.75) is 46.1 Å². The van der Waals surface area contributed by atoms with E-state index < -0.39 is 0 Å². The Labute approximate surface area is 98.1 Å². The molecule has 0 bridgehead atoms. The van der Waals surface area contributed by atoms with Crippen molar-refractivity contribution in [2.75, 3.05) is 6.54 Å². The molecular formula is C14H22FN. The van der Waals surface area contributed by atoms with Crippen LogP contribution in [0.5, 0.6) is 0 Å². The van der Waals surface area contributed by atoms with Gasteiger partial charge in [0.25, 0.3) is 0 Å². The summed E-state index contributed by atoms with van der Waals surface area (Å²) in [6.45, 7) is 7.12. The molecule has 0 aliphatic carbocycles. The summed E-state index contributed by atoms with van der Waals surface area (Å²) in [4.78, 5) is 0. The van der Waals surface area contributed by atoms with Crippen LogP contribution in [0.3, 0.4) is 0 Å². The summed E-state index contributed by atoms with van der Waals surface area (Å²) in [5.41, 5.74) is 1.79. The van der Waals surface area contributed by atoms with Crippen molar-refractivity contribution in [2.24, 2.45) is 0 Å². The van der Waals surface area contributed by atoms with Crippen LogP contribution in [0.15, 0.2) is 18.2 Å². The molecule has 0 saturated heterocycles. The van der Waals surface area contributed by atoms with Gasteiger partial charge >= 0.3 is 0 Å². The smallest absolute Gasteiger partial charge is 0.128 e. The number of benzene rings is 1. The lowest BCUT2D eigenvalue weighted by atomic mass is 10.0. The van der Waals surface area contributed by atoms with Gasteiger partial charge in [0, 0.05) is 11.6 Å². The fourth-order valence-electron chi connectivity index (χ4n) is 1.89. The van der Waals surface area contributed by atoms with Crippen molar-refractivity contribution in [3.8, 4) is 0 Å². The SMILES string of the molecule is CCCNC(CCC)c1ccc(C)cc1F. The number of halogens is 1. The van der Waals surface area contributed by atoms with Crippen LogP contribution < -0.4 is 5.32 Å². The molecule has 0 fully saturated rings. The maximum atomic E-state index is 13.8.